The van der Waals surface area contributed by atoms with Crippen molar-refractivity contribution in [3.05, 3.63) is 12.2 Å². The average molecular weight is 467 g/mol. The molecule has 2 atom stereocenters. The summed E-state index contributed by atoms with van der Waals surface area (Å²) in [4.78, 5) is 50.6. The highest BCUT2D eigenvalue weighted by atomic mass is 16.6. The number of hydrogen-bond acceptors (Lipinski definition) is 8. The number of Topliss-reactive ketones (excluding diaryl/α,β-unsaturated/α-hetero) is 2. The Balaban J connectivity index is 1.91. The van der Waals surface area contributed by atoms with Crippen LogP contribution in [0.3, 0.4) is 0 Å². The second kappa shape index (κ2) is 14.3. The number of ketones is 2. The zero-order chi connectivity index (χ0) is 24.2. The minimum Gasteiger partial charge on any atom is -0.454 e. The maximum absolute atomic E-state index is 12.8. The molecular formula is C25H38O8. The summed E-state index contributed by atoms with van der Waals surface area (Å²) in [6.45, 7) is 4.20. The molecular weight excluding hydrogens is 428 g/mol. The van der Waals surface area contributed by atoms with Gasteiger partial charge in [0.2, 0.25) is 0 Å². The SMILES string of the molecule is C=C(CC(=O)OC(CCOC)C(=O)C1CCCC1)C(=O)OC(CCOC)C(=O)C1CCCC1. The van der Waals surface area contributed by atoms with Crippen molar-refractivity contribution in [3.8, 4) is 0 Å². The van der Waals surface area contributed by atoms with E-state index in [0.717, 1.165) is 51.4 Å². The molecule has 2 fully saturated rings. The predicted octanol–water partition coefficient (Wildman–Crippen LogP) is 3.35. The third-order valence-corrected chi connectivity index (χ3v) is 6.49. The maximum atomic E-state index is 12.8. The minimum absolute atomic E-state index is 0.0899. The van der Waals surface area contributed by atoms with Crippen LogP contribution in [0.25, 0.3) is 0 Å². The van der Waals surface area contributed by atoms with Crippen molar-refractivity contribution < 1.29 is 38.1 Å². The molecule has 0 aromatic carbocycles. The molecule has 2 aliphatic rings. The van der Waals surface area contributed by atoms with E-state index in [0.29, 0.717) is 0 Å². The van der Waals surface area contributed by atoms with Gasteiger partial charge in [-0.3, -0.25) is 14.4 Å². The number of hydrogen-bond donors (Lipinski definition) is 0. The van der Waals surface area contributed by atoms with Crippen molar-refractivity contribution in [2.24, 2.45) is 11.8 Å². The van der Waals surface area contributed by atoms with E-state index in [1.54, 1.807) is 0 Å². The zero-order valence-electron chi connectivity index (χ0n) is 20.0. The Morgan fingerprint density at radius 1 is 0.758 bits per heavy atom. The van der Waals surface area contributed by atoms with Gasteiger partial charge in [-0.2, -0.15) is 0 Å². The third-order valence-electron chi connectivity index (χ3n) is 6.49. The first-order chi connectivity index (χ1) is 15.9. The molecule has 8 heteroatoms. The van der Waals surface area contributed by atoms with E-state index in [2.05, 4.69) is 6.58 Å². The summed E-state index contributed by atoms with van der Waals surface area (Å²) in [6.07, 6.45) is 5.45. The lowest BCUT2D eigenvalue weighted by Crippen LogP contribution is -2.34. The van der Waals surface area contributed by atoms with Crippen LogP contribution in [0, 0.1) is 11.8 Å². The van der Waals surface area contributed by atoms with Crippen LogP contribution in [0.15, 0.2) is 12.2 Å². The standard InChI is InChI=1S/C25H38O8/c1-17(25(29)33-21(13-15-31-3)24(28)19-10-6-7-11-19)16-22(26)32-20(12-14-30-2)23(27)18-8-4-5-9-18/h18-21H,1,4-16H2,2-3H3. The number of carbonyl (C=O) groups is 4. The molecule has 2 rings (SSSR count). The summed E-state index contributed by atoms with van der Waals surface area (Å²) in [5.74, 6) is -1.94. The summed E-state index contributed by atoms with van der Waals surface area (Å²) >= 11 is 0. The lowest BCUT2D eigenvalue weighted by molar-refractivity contribution is -0.159. The topological polar surface area (TPSA) is 105 Å². The average Bonchev–Trinajstić information content (AvgIpc) is 3.52. The largest absolute Gasteiger partial charge is 0.454 e. The van der Waals surface area contributed by atoms with Crippen molar-refractivity contribution in [2.75, 3.05) is 27.4 Å². The molecule has 8 nitrogen and oxygen atoms in total. The van der Waals surface area contributed by atoms with Crippen molar-refractivity contribution in [3.63, 3.8) is 0 Å². The van der Waals surface area contributed by atoms with Gasteiger partial charge in [0.25, 0.3) is 0 Å². The van der Waals surface area contributed by atoms with Gasteiger partial charge in [-0.15, -0.1) is 0 Å². The van der Waals surface area contributed by atoms with Crippen molar-refractivity contribution in [1.29, 1.82) is 0 Å². The van der Waals surface area contributed by atoms with Crippen LogP contribution in [0.4, 0.5) is 0 Å². The van der Waals surface area contributed by atoms with Gasteiger partial charge in [-0.1, -0.05) is 32.3 Å². The number of rotatable bonds is 15. The smallest absolute Gasteiger partial charge is 0.334 e. The summed E-state index contributed by atoms with van der Waals surface area (Å²) in [5, 5.41) is 0. The van der Waals surface area contributed by atoms with Crippen molar-refractivity contribution >= 4 is 23.5 Å². The highest BCUT2D eigenvalue weighted by Crippen LogP contribution is 2.29. The molecule has 0 bridgehead atoms. The molecule has 0 aromatic heterocycles. The first-order valence-electron chi connectivity index (χ1n) is 12.0. The molecule has 2 saturated carbocycles. The van der Waals surface area contributed by atoms with Crippen molar-refractivity contribution in [1.82, 2.24) is 0 Å². The normalized spacial score (nSPS) is 18.6. The van der Waals surface area contributed by atoms with Gasteiger partial charge in [0, 0.05) is 44.5 Å². The Labute approximate surface area is 196 Å². The van der Waals surface area contributed by atoms with Gasteiger partial charge >= 0.3 is 11.9 Å². The van der Waals surface area contributed by atoms with Crippen LogP contribution in [-0.2, 0) is 38.1 Å². The Morgan fingerprint density at radius 3 is 1.61 bits per heavy atom. The molecule has 0 spiro atoms. The molecule has 33 heavy (non-hydrogen) atoms. The first-order valence-corrected chi connectivity index (χ1v) is 12.0. The quantitative estimate of drug-likeness (QED) is 0.267. The fraction of sp³-hybridized carbons (Fsp3) is 0.760. The van der Waals surface area contributed by atoms with Crippen LogP contribution in [0.1, 0.15) is 70.6 Å². The second-order valence-electron chi connectivity index (χ2n) is 8.98. The van der Waals surface area contributed by atoms with E-state index in [9.17, 15) is 19.2 Å². The van der Waals surface area contributed by atoms with E-state index in [1.165, 1.54) is 14.2 Å². The minimum atomic E-state index is -0.924. The lowest BCUT2D eigenvalue weighted by atomic mass is 9.96. The van der Waals surface area contributed by atoms with Crippen LogP contribution in [0.5, 0.6) is 0 Å². The van der Waals surface area contributed by atoms with E-state index in [1.807, 2.05) is 0 Å². The maximum Gasteiger partial charge on any atom is 0.334 e. The predicted molar refractivity (Wildman–Crippen MR) is 120 cm³/mol. The molecule has 0 saturated heterocycles. The fourth-order valence-corrected chi connectivity index (χ4v) is 4.57. The van der Waals surface area contributed by atoms with E-state index in [4.69, 9.17) is 18.9 Å². The van der Waals surface area contributed by atoms with Gasteiger partial charge < -0.3 is 18.9 Å². The number of esters is 2. The van der Waals surface area contributed by atoms with Crippen LogP contribution < -0.4 is 0 Å². The second-order valence-corrected chi connectivity index (χ2v) is 8.98. The van der Waals surface area contributed by atoms with E-state index < -0.39 is 30.6 Å². The van der Waals surface area contributed by atoms with Crippen LogP contribution in [-0.4, -0.2) is 63.1 Å². The summed E-state index contributed by atoms with van der Waals surface area (Å²) in [6, 6.07) is 0. The highest BCUT2D eigenvalue weighted by Gasteiger charge is 2.34. The summed E-state index contributed by atoms with van der Waals surface area (Å²) in [7, 11) is 3.03. The number of ether oxygens (including phenoxy) is 4. The Kier molecular flexibility index (Phi) is 11.7. The highest BCUT2D eigenvalue weighted by molar-refractivity contribution is 5.96. The molecule has 0 aromatic rings. The first kappa shape index (κ1) is 27.2. The molecule has 0 aliphatic heterocycles. The molecule has 0 radical (unpaired) electrons. The zero-order valence-corrected chi connectivity index (χ0v) is 20.0. The molecule has 186 valence electrons. The molecule has 0 amide bonds. The number of carbonyl (C=O) groups excluding carboxylic acids is 4. The summed E-state index contributed by atoms with van der Waals surface area (Å²) < 4.78 is 20.9. The summed E-state index contributed by atoms with van der Waals surface area (Å²) in [5.41, 5.74) is -0.111. The molecule has 0 N–H and O–H groups in total. The van der Waals surface area contributed by atoms with Gasteiger partial charge in [0.15, 0.2) is 23.8 Å². The van der Waals surface area contributed by atoms with Crippen molar-refractivity contribution in [2.45, 2.75) is 82.8 Å². The monoisotopic (exact) mass is 466 g/mol. The number of methoxy groups -OCH3 is 2. The Morgan fingerprint density at radius 2 is 1.18 bits per heavy atom. The molecule has 0 heterocycles. The van der Waals surface area contributed by atoms with Gasteiger partial charge in [-0.05, 0) is 25.7 Å². The third kappa shape index (κ3) is 8.66. The van der Waals surface area contributed by atoms with Gasteiger partial charge in [0.1, 0.15) is 0 Å². The van der Waals surface area contributed by atoms with Gasteiger partial charge in [0.05, 0.1) is 19.6 Å². The fourth-order valence-electron chi connectivity index (χ4n) is 4.57. The van der Waals surface area contributed by atoms with E-state index >= 15 is 0 Å². The lowest BCUT2D eigenvalue weighted by Gasteiger charge is -2.21. The van der Waals surface area contributed by atoms with E-state index in [-0.39, 0.29) is 55.0 Å². The molecule has 2 aliphatic carbocycles. The molecule has 2 unspecified atom stereocenters. The van der Waals surface area contributed by atoms with Gasteiger partial charge in [-0.25, -0.2) is 4.79 Å². The van der Waals surface area contributed by atoms with Crippen LogP contribution >= 0.6 is 0 Å². The Hall–Kier alpha value is -2.06. The van der Waals surface area contributed by atoms with Crippen LogP contribution in [0.2, 0.25) is 0 Å². The Bertz CT molecular complexity index is 689.